The third-order valence-electron chi connectivity index (χ3n) is 2.20. The Hall–Kier alpha value is -1.50. The van der Waals surface area contributed by atoms with Gasteiger partial charge in [0.2, 0.25) is 0 Å². The van der Waals surface area contributed by atoms with E-state index >= 15 is 0 Å². The molecule has 2 aromatic rings. The summed E-state index contributed by atoms with van der Waals surface area (Å²) in [4.78, 5) is 0.798. The van der Waals surface area contributed by atoms with Crippen molar-refractivity contribution in [2.45, 2.75) is 20.0 Å². The zero-order valence-corrected chi connectivity index (χ0v) is 9.77. The fraction of sp³-hybridized carbons (Fsp3) is 0.300. The number of halogens is 3. The van der Waals surface area contributed by atoms with Gasteiger partial charge in [-0.1, -0.05) is 0 Å². The van der Waals surface area contributed by atoms with E-state index in [2.05, 4.69) is 10.4 Å². The summed E-state index contributed by atoms with van der Waals surface area (Å²) in [5, 5.41) is 6.34. The maximum atomic E-state index is 12.7. The highest BCUT2D eigenvalue weighted by Crippen LogP contribution is 2.20. The lowest BCUT2D eigenvalue weighted by Crippen LogP contribution is -1.98. The summed E-state index contributed by atoms with van der Waals surface area (Å²) in [6.45, 7) is -0.621. The number of aromatic nitrogens is 2. The first-order valence-electron chi connectivity index (χ1n) is 4.88. The van der Waals surface area contributed by atoms with Gasteiger partial charge in [-0.3, -0.25) is 0 Å². The average molecular weight is 261 g/mol. The summed E-state index contributed by atoms with van der Waals surface area (Å²) in [7, 11) is 0. The maximum Gasteiger partial charge on any atom is 0.333 e. The Balaban J connectivity index is 2.03. The van der Waals surface area contributed by atoms with E-state index < -0.39 is 6.55 Å². The number of nitrogens with zero attached hydrogens (tertiary/aromatic N) is 2. The second-order valence-corrected chi connectivity index (χ2v) is 4.56. The third-order valence-corrected chi connectivity index (χ3v) is 3.07. The molecule has 92 valence electrons. The lowest BCUT2D eigenvalue weighted by atomic mass is 10.4. The zero-order chi connectivity index (χ0) is 12.4. The van der Waals surface area contributed by atoms with E-state index in [1.54, 1.807) is 13.0 Å². The Labute approximate surface area is 99.9 Å². The average Bonchev–Trinajstić information content (AvgIpc) is 2.82. The number of thiophene rings is 1. The van der Waals surface area contributed by atoms with Crippen LogP contribution in [0.4, 0.5) is 18.9 Å². The van der Waals surface area contributed by atoms with Crippen LogP contribution in [0.5, 0.6) is 0 Å². The van der Waals surface area contributed by atoms with Crippen molar-refractivity contribution in [1.29, 1.82) is 0 Å². The van der Waals surface area contributed by atoms with E-state index in [9.17, 15) is 13.2 Å². The van der Waals surface area contributed by atoms with Gasteiger partial charge in [0.25, 0.3) is 0 Å². The molecule has 0 spiro atoms. The summed E-state index contributed by atoms with van der Waals surface area (Å²) in [5.41, 5.74) is 1.02. The monoisotopic (exact) mass is 261 g/mol. The molecule has 0 amide bonds. The molecular weight excluding hydrogens is 251 g/mol. The predicted octanol–water partition coefficient (Wildman–Crippen LogP) is 3.40. The summed E-state index contributed by atoms with van der Waals surface area (Å²) in [5.74, 6) is 0. The van der Waals surface area contributed by atoms with Crippen LogP contribution in [0.15, 0.2) is 18.3 Å². The number of anilines is 1. The standard InChI is InChI=1S/C10H10F3N3S/c1-6-8(5-16(15-6)10(12)13)14-4-7-2-3-9(11)17-7/h2-3,5,10,14H,4H2,1H3. The molecule has 0 radical (unpaired) electrons. The van der Waals surface area contributed by atoms with Crippen LogP contribution in [0, 0.1) is 12.1 Å². The normalized spacial score (nSPS) is 11.1. The summed E-state index contributed by atoms with van der Waals surface area (Å²) in [6, 6.07) is 3.02. The number of hydrogen-bond acceptors (Lipinski definition) is 3. The van der Waals surface area contributed by atoms with Gasteiger partial charge in [-0.05, 0) is 19.1 Å². The molecule has 1 N–H and O–H groups in total. The highest BCUT2D eigenvalue weighted by Gasteiger charge is 2.11. The van der Waals surface area contributed by atoms with Gasteiger partial charge < -0.3 is 5.32 Å². The van der Waals surface area contributed by atoms with Crippen LogP contribution in [-0.2, 0) is 6.54 Å². The van der Waals surface area contributed by atoms with Crippen molar-refractivity contribution in [3.05, 3.63) is 34.0 Å². The van der Waals surface area contributed by atoms with E-state index in [1.807, 2.05) is 0 Å². The Morgan fingerprint density at radius 3 is 2.76 bits per heavy atom. The Bertz CT molecular complexity index is 507. The first-order chi connectivity index (χ1) is 8.06. The zero-order valence-electron chi connectivity index (χ0n) is 8.95. The van der Waals surface area contributed by atoms with Crippen LogP contribution in [0.2, 0.25) is 0 Å². The van der Waals surface area contributed by atoms with Gasteiger partial charge >= 0.3 is 6.55 Å². The SMILES string of the molecule is Cc1nn(C(F)F)cc1NCc1ccc(F)s1. The van der Waals surface area contributed by atoms with Crippen LogP contribution >= 0.6 is 11.3 Å². The molecule has 2 rings (SSSR count). The molecule has 17 heavy (non-hydrogen) atoms. The summed E-state index contributed by atoms with van der Waals surface area (Å²) < 4.78 is 38.0. The van der Waals surface area contributed by atoms with Crippen molar-refractivity contribution < 1.29 is 13.2 Å². The molecule has 0 unspecified atom stereocenters. The quantitative estimate of drug-likeness (QED) is 0.914. The van der Waals surface area contributed by atoms with Crippen LogP contribution in [0.25, 0.3) is 0 Å². The van der Waals surface area contributed by atoms with Gasteiger partial charge in [-0.2, -0.15) is 18.3 Å². The van der Waals surface area contributed by atoms with Gasteiger partial charge in [-0.15, -0.1) is 11.3 Å². The Kier molecular flexibility index (Phi) is 3.37. The van der Waals surface area contributed by atoms with Crippen LogP contribution in [0.1, 0.15) is 17.1 Å². The lowest BCUT2D eigenvalue weighted by Gasteiger charge is -2.01. The van der Waals surface area contributed by atoms with Crippen LogP contribution in [-0.4, -0.2) is 9.78 Å². The maximum absolute atomic E-state index is 12.7. The Morgan fingerprint density at radius 1 is 1.47 bits per heavy atom. The van der Waals surface area contributed by atoms with Gasteiger partial charge in [0, 0.05) is 11.4 Å². The molecule has 0 aromatic carbocycles. The third kappa shape index (κ3) is 2.79. The molecular formula is C10H10F3N3S. The molecule has 0 atom stereocenters. The second kappa shape index (κ2) is 4.79. The van der Waals surface area contributed by atoms with E-state index in [-0.39, 0.29) is 5.13 Å². The minimum atomic E-state index is -2.65. The molecule has 3 nitrogen and oxygen atoms in total. The number of nitrogens with one attached hydrogen (secondary N) is 1. The fourth-order valence-electron chi connectivity index (χ4n) is 1.38. The summed E-state index contributed by atoms with van der Waals surface area (Å²) in [6.07, 6.45) is 1.24. The molecule has 2 heterocycles. The van der Waals surface area contributed by atoms with Gasteiger partial charge in [-0.25, -0.2) is 4.68 Å². The molecule has 0 fully saturated rings. The van der Waals surface area contributed by atoms with Crippen molar-refractivity contribution in [3.63, 3.8) is 0 Å². The van der Waals surface area contributed by atoms with Crippen molar-refractivity contribution in [2.24, 2.45) is 0 Å². The van der Waals surface area contributed by atoms with Crippen LogP contribution < -0.4 is 5.32 Å². The second-order valence-electron chi connectivity index (χ2n) is 3.45. The first-order valence-corrected chi connectivity index (χ1v) is 5.70. The molecule has 0 aliphatic carbocycles. The molecule has 0 aliphatic rings. The molecule has 2 aromatic heterocycles. The largest absolute Gasteiger partial charge is 0.377 e. The molecule has 0 bridgehead atoms. The van der Waals surface area contributed by atoms with Gasteiger partial charge in [0.05, 0.1) is 17.6 Å². The molecule has 0 saturated heterocycles. The highest BCUT2D eigenvalue weighted by molar-refractivity contribution is 7.10. The molecule has 7 heteroatoms. The van der Waals surface area contributed by atoms with E-state index in [0.717, 1.165) is 16.2 Å². The first kappa shape index (κ1) is 12.0. The number of rotatable bonds is 4. The van der Waals surface area contributed by atoms with E-state index in [0.29, 0.717) is 22.6 Å². The smallest absolute Gasteiger partial charge is 0.333 e. The predicted molar refractivity (Wildman–Crippen MR) is 59.8 cm³/mol. The molecule has 0 aliphatic heterocycles. The van der Waals surface area contributed by atoms with Gasteiger partial charge in [0.1, 0.15) is 0 Å². The number of alkyl halides is 2. The van der Waals surface area contributed by atoms with Crippen molar-refractivity contribution >= 4 is 17.0 Å². The highest BCUT2D eigenvalue weighted by atomic mass is 32.1. The van der Waals surface area contributed by atoms with Crippen molar-refractivity contribution in [3.8, 4) is 0 Å². The number of aryl methyl sites for hydroxylation is 1. The minimum Gasteiger partial charge on any atom is -0.377 e. The molecule has 0 saturated carbocycles. The number of hydrogen-bond donors (Lipinski definition) is 1. The van der Waals surface area contributed by atoms with Crippen molar-refractivity contribution in [2.75, 3.05) is 5.32 Å². The van der Waals surface area contributed by atoms with E-state index in [1.165, 1.54) is 12.3 Å². The van der Waals surface area contributed by atoms with Gasteiger partial charge in [0.15, 0.2) is 5.13 Å². The fourth-order valence-corrected chi connectivity index (χ4v) is 2.05. The van der Waals surface area contributed by atoms with E-state index in [4.69, 9.17) is 0 Å². The van der Waals surface area contributed by atoms with Crippen LogP contribution in [0.3, 0.4) is 0 Å². The lowest BCUT2D eigenvalue weighted by molar-refractivity contribution is 0.0563. The van der Waals surface area contributed by atoms with Crippen molar-refractivity contribution in [1.82, 2.24) is 9.78 Å². The summed E-state index contributed by atoms with van der Waals surface area (Å²) >= 11 is 1.02. The topological polar surface area (TPSA) is 29.9 Å². The Morgan fingerprint density at radius 2 is 2.24 bits per heavy atom. The minimum absolute atomic E-state index is 0.262.